The van der Waals surface area contributed by atoms with Crippen LogP contribution in [-0.4, -0.2) is 34.5 Å². The van der Waals surface area contributed by atoms with Gasteiger partial charge in [-0.25, -0.2) is 29.9 Å². The molecule has 10 heteroatoms. The maximum absolute atomic E-state index is 5.28. The molecule has 8 aromatic heterocycles. The van der Waals surface area contributed by atoms with Crippen molar-refractivity contribution in [2.24, 2.45) is 0 Å². The Morgan fingerprint density at radius 3 is 1.05 bits per heavy atom. The lowest BCUT2D eigenvalue weighted by Crippen LogP contribution is -1.97. The number of benzene rings is 16. The largest absolute Gasteiger partial charge is 0.309 e. The highest BCUT2D eigenvalue weighted by Crippen LogP contribution is 2.48. The quantitative estimate of drug-likeness (QED) is 0.121. The lowest BCUT2D eigenvalue weighted by molar-refractivity contribution is 1.17. The molecule has 7 nitrogen and oxygen atoms in total. The molecule has 0 amide bonds. The number of nitrogens with zero attached hydrogens (tertiary/aromatic N) is 7. The minimum absolute atomic E-state index is 0.687. The van der Waals surface area contributed by atoms with Crippen molar-refractivity contribution in [3.05, 3.63) is 406 Å². The first-order chi connectivity index (χ1) is 59.4. The van der Waals surface area contributed by atoms with Gasteiger partial charge in [0.15, 0.2) is 11.6 Å². The normalized spacial score (nSPS) is 11.7. The van der Waals surface area contributed by atoms with E-state index in [0.717, 1.165) is 128 Å². The van der Waals surface area contributed by atoms with E-state index in [4.69, 9.17) is 29.9 Å². The van der Waals surface area contributed by atoms with Crippen molar-refractivity contribution >= 4 is 138 Å². The van der Waals surface area contributed by atoms with Crippen molar-refractivity contribution in [3.8, 4) is 129 Å². The van der Waals surface area contributed by atoms with Crippen LogP contribution in [-0.2, 0) is 0 Å². The monoisotopic (exact) mass is 1580 g/mol. The zero-order valence-corrected chi connectivity index (χ0v) is 67.0. The molecule has 0 saturated heterocycles. The third kappa shape index (κ3) is 12.6. The van der Waals surface area contributed by atoms with Gasteiger partial charge in [-0.3, -0.25) is 0 Å². The van der Waals surface area contributed by atoms with Crippen LogP contribution in [0, 0.1) is 0 Å². The van der Waals surface area contributed by atoms with E-state index in [2.05, 4.69) is 399 Å². The molecule has 0 bridgehead atoms. The second-order valence-electron chi connectivity index (χ2n) is 30.3. The summed E-state index contributed by atoms with van der Waals surface area (Å²) in [6.45, 7) is 0. The standard InChI is InChI=1S/C55H34N4S.C55H33N3S2/c1-3-13-36(14-4-1)47-34-48(37-27-30-41(31-28-37)59-49-20-10-7-17-42(49)43-18-8-11-21-50(43)59)58-55(57-47)39-25-23-35(24-26-39)40-29-32-46-45(33-40)52-44-19-9-12-22-51(44)60-54(52)53(56-46)38-15-5-2-6-16-38;1-3-13-35(14-4-1)47-33-48(36-27-25-34(26-28-36)41-21-12-22-43-42-19-7-9-23-49(42)59-53(41)43)58-55(57-47)40-18-11-17-38(31-40)39-29-30-46-45(32-39)51-44-20-8-10-24-50(44)60-54(51)52(56-46)37-15-5-2-6-16-37/h1-34H;1-33H. The SMILES string of the molecule is c1ccc(-c2cc(-c3ccc(-c4cccc5c4sc4ccccc45)cc3)nc(-c3cccc(-c4ccc5nc(-c6ccccc6)c6sc7ccccc7c6c5c4)c3)n2)cc1.c1ccc(-c2cc(-c3ccc(-n4c5ccccc5c5ccccc54)cc3)nc(-c3ccc(-c4ccc5nc(-c6ccccc6)c6sc7ccccc7c6c5c4)cc3)n2)cc1. The Labute approximate surface area is 703 Å². The Kier molecular flexibility index (Phi) is 17.4. The molecule has 0 aliphatic carbocycles. The first-order valence-electron chi connectivity index (χ1n) is 40.3. The van der Waals surface area contributed by atoms with E-state index in [-0.39, 0.29) is 0 Å². The van der Waals surface area contributed by atoms with Crippen LogP contribution in [0.2, 0.25) is 0 Å². The summed E-state index contributed by atoms with van der Waals surface area (Å²) in [5, 5.41) is 12.5. The Morgan fingerprint density at radius 2 is 0.533 bits per heavy atom. The number of pyridine rings is 2. The summed E-state index contributed by atoms with van der Waals surface area (Å²) in [5.74, 6) is 1.38. The number of fused-ring (bicyclic) bond motifs is 16. The Balaban J connectivity index is 0.000000140. The highest BCUT2D eigenvalue weighted by Gasteiger charge is 2.23. The summed E-state index contributed by atoms with van der Waals surface area (Å²) < 4.78 is 9.93. The van der Waals surface area contributed by atoms with Gasteiger partial charge in [-0.1, -0.05) is 322 Å². The smallest absolute Gasteiger partial charge is 0.160 e. The molecular formula is C110H67N7S3. The van der Waals surface area contributed by atoms with Crippen LogP contribution in [0.4, 0.5) is 0 Å². The fraction of sp³-hybridized carbons (Fsp3) is 0. The molecule has 0 spiro atoms. The summed E-state index contributed by atoms with van der Waals surface area (Å²) in [5.41, 5.74) is 26.4. The molecule has 24 aromatic rings. The number of para-hydroxylation sites is 2. The van der Waals surface area contributed by atoms with E-state index >= 15 is 0 Å². The first-order valence-corrected chi connectivity index (χ1v) is 42.7. The fourth-order valence-electron chi connectivity index (χ4n) is 17.3. The second kappa shape index (κ2) is 29.6. The number of aromatic nitrogens is 7. The molecule has 0 radical (unpaired) electrons. The first kappa shape index (κ1) is 70.4. The minimum atomic E-state index is 0.687. The van der Waals surface area contributed by atoms with Crippen LogP contribution in [0.15, 0.2) is 406 Å². The Hall–Kier alpha value is -15.0. The summed E-state index contributed by atoms with van der Waals surface area (Å²) in [6.07, 6.45) is 0. The van der Waals surface area contributed by atoms with Gasteiger partial charge in [-0.2, -0.15) is 0 Å². The van der Waals surface area contributed by atoms with E-state index in [1.165, 1.54) is 93.4 Å². The summed E-state index contributed by atoms with van der Waals surface area (Å²) in [4.78, 5) is 31.3. The van der Waals surface area contributed by atoms with Gasteiger partial charge >= 0.3 is 0 Å². The van der Waals surface area contributed by atoms with Crippen molar-refractivity contribution < 1.29 is 0 Å². The maximum atomic E-state index is 5.28. The molecule has 0 atom stereocenters. The van der Waals surface area contributed by atoms with Crippen molar-refractivity contribution in [1.29, 1.82) is 0 Å². The van der Waals surface area contributed by atoms with Crippen molar-refractivity contribution in [2.45, 2.75) is 0 Å². The van der Waals surface area contributed by atoms with Gasteiger partial charge < -0.3 is 4.57 Å². The predicted molar refractivity (Wildman–Crippen MR) is 507 cm³/mol. The van der Waals surface area contributed by atoms with Gasteiger partial charge in [-0.15, -0.1) is 34.0 Å². The molecule has 0 saturated carbocycles. The van der Waals surface area contributed by atoms with Crippen LogP contribution in [0.5, 0.6) is 0 Å². The Morgan fingerprint density at radius 1 is 0.192 bits per heavy atom. The van der Waals surface area contributed by atoms with E-state index in [0.29, 0.717) is 11.6 Å². The minimum Gasteiger partial charge on any atom is -0.309 e. The van der Waals surface area contributed by atoms with Gasteiger partial charge in [0, 0.05) is 123 Å². The molecule has 0 aliphatic heterocycles. The summed E-state index contributed by atoms with van der Waals surface area (Å²) in [7, 11) is 0. The van der Waals surface area contributed by atoms with Crippen molar-refractivity contribution in [2.75, 3.05) is 0 Å². The predicted octanol–water partition coefficient (Wildman–Crippen LogP) is 30.6. The number of hydrogen-bond donors (Lipinski definition) is 0. The third-order valence-electron chi connectivity index (χ3n) is 23.1. The topological polar surface area (TPSA) is 82.3 Å². The van der Waals surface area contributed by atoms with Crippen LogP contribution < -0.4 is 0 Å². The molecular weight excluding hydrogens is 1520 g/mol. The van der Waals surface area contributed by atoms with Gasteiger partial charge in [0.2, 0.25) is 0 Å². The van der Waals surface area contributed by atoms with Gasteiger partial charge in [-0.05, 0) is 118 Å². The zero-order chi connectivity index (χ0) is 79.1. The molecule has 120 heavy (non-hydrogen) atoms. The van der Waals surface area contributed by atoms with E-state index < -0.39 is 0 Å². The number of rotatable bonds is 12. The molecule has 16 aromatic carbocycles. The summed E-state index contributed by atoms with van der Waals surface area (Å²) in [6, 6.07) is 144. The van der Waals surface area contributed by atoms with Crippen LogP contribution in [0.3, 0.4) is 0 Å². The molecule has 0 aliphatic rings. The third-order valence-corrected chi connectivity index (χ3v) is 26.7. The maximum Gasteiger partial charge on any atom is 0.160 e. The van der Waals surface area contributed by atoms with Gasteiger partial charge in [0.05, 0.1) is 65.6 Å². The van der Waals surface area contributed by atoms with Crippen molar-refractivity contribution in [3.63, 3.8) is 0 Å². The average molecular weight is 1580 g/mol. The molecule has 0 fully saturated rings. The van der Waals surface area contributed by atoms with E-state index in [9.17, 15) is 0 Å². The lowest BCUT2D eigenvalue weighted by Gasteiger charge is -2.12. The van der Waals surface area contributed by atoms with Crippen LogP contribution in [0.1, 0.15) is 0 Å². The van der Waals surface area contributed by atoms with Gasteiger partial charge in [0.1, 0.15) is 0 Å². The van der Waals surface area contributed by atoms with Crippen LogP contribution >= 0.6 is 34.0 Å². The molecule has 0 N–H and O–H groups in total. The highest BCUT2D eigenvalue weighted by atomic mass is 32.1. The lowest BCUT2D eigenvalue weighted by atomic mass is 9.97. The number of hydrogen-bond acceptors (Lipinski definition) is 9. The van der Waals surface area contributed by atoms with Crippen molar-refractivity contribution in [1.82, 2.24) is 34.5 Å². The Bertz CT molecular complexity index is 8070. The zero-order valence-electron chi connectivity index (χ0n) is 64.5. The molecule has 24 rings (SSSR count). The molecule has 560 valence electrons. The fourth-order valence-corrected chi connectivity index (χ4v) is 21.0. The number of thiophene rings is 3. The van der Waals surface area contributed by atoms with Crippen LogP contribution in [0.25, 0.3) is 234 Å². The second-order valence-corrected chi connectivity index (χ2v) is 33.5. The van der Waals surface area contributed by atoms with Gasteiger partial charge in [0.25, 0.3) is 0 Å². The molecule has 8 heterocycles. The van der Waals surface area contributed by atoms with E-state index in [1.54, 1.807) is 0 Å². The summed E-state index contributed by atoms with van der Waals surface area (Å²) >= 11 is 5.50. The highest BCUT2D eigenvalue weighted by molar-refractivity contribution is 7.27. The molecule has 0 unspecified atom stereocenters. The average Bonchev–Trinajstić information content (AvgIpc) is 1.61. The van der Waals surface area contributed by atoms with E-state index in [1.807, 2.05) is 46.1 Å².